The average molecular weight is 418 g/mol. The van der Waals surface area contributed by atoms with E-state index in [4.69, 9.17) is 9.47 Å². The number of ether oxygens (including phenoxy) is 2. The monoisotopic (exact) mass is 417 g/mol. The summed E-state index contributed by atoms with van der Waals surface area (Å²) in [5, 5.41) is 0.465. The Kier molecular flexibility index (Phi) is 7.00. The number of rotatable bonds is 9. The third-order valence-corrected chi connectivity index (χ3v) is 5.20. The third-order valence-electron chi connectivity index (χ3n) is 4.16. The van der Waals surface area contributed by atoms with E-state index in [0.29, 0.717) is 35.3 Å². The number of benzene rings is 2. The summed E-state index contributed by atoms with van der Waals surface area (Å²) < 4.78 is 25.8. The van der Waals surface area contributed by atoms with Crippen molar-refractivity contribution in [2.75, 3.05) is 45.3 Å². The van der Waals surface area contributed by atoms with E-state index in [-0.39, 0.29) is 18.0 Å². The van der Waals surface area contributed by atoms with Gasteiger partial charge in [-0.1, -0.05) is 17.4 Å². The number of thiazole rings is 1. The number of hydrogen-bond donors (Lipinski definition) is 0. The molecule has 0 radical (unpaired) electrons. The first-order valence-electron chi connectivity index (χ1n) is 9.33. The Balaban J connectivity index is 1.74. The zero-order chi connectivity index (χ0) is 20.8. The van der Waals surface area contributed by atoms with Gasteiger partial charge < -0.3 is 14.4 Å². The van der Waals surface area contributed by atoms with Crippen LogP contribution in [0.3, 0.4) is 0 Å². The number of anilines is 1. The molecule has 0 saturated carbocycles. The molecule has 1 amide bonds. The second kappa shape index (κ2) is 9.67. The number of fused-ring (bicyclic) bond motifs is 1. The average Bonchev–Trinajstić information content (AvgIpc) is 3.13. The van der Waals surface area contributed by atoms with Gasteiger partial charge in [0.25, 0.3) is 5.91 Å². The molecule has 0 bridgehead atoms. The third kappa shape index (κ3) is 5.42. The first kappa shape index (κ1) is 21.0. The van der Waals surface area contributed by atoms with Crippen LogP contribution >= 0.6 is 11.3 Å². The first-order valence-corrected chi connectivity index (χ1v) is 10.2. The van der Waals surface area contributed by atoms with E-state index < -0.39 is 5.82 Å². The number of hydrogen-bond acceptors (Lipinski definition) is 6. The van der Waals surface area contributed by atoms with Crippen LogP contribution in [0.2, 0.25) is 0 Å². The van der Waals surface area contributed by atoms with E-state index in [1.807, 2.05) is 25.9 Å². The molecular weight excluding hydrogens is 393 g/mol. The topological polar surface area (TPSA) is 54.9 Å². The molecule has 6 nitrogen and oxygen atoms in total. The lowest BCUT2D eigenvalue weighted by Crippen LogP contribution is -2.39. The molecule has 154 valence electrons. The summed E-state index contributed by atoms with van der Waals surface area (Å²) in [7, 11) is 3.86. The highest BCUT2D eigenvalue weighted by molar-refractivity contribution is 7.22. The molecule has 0 aliphatic heterocycles. The van der Waals surface area contributed by atoms with Gasteiger partial charge in [-0.25, -0.2) is 9.37 Å². The number of amides is 1. The van der Waals surface area contributed by atoms with Crippen molar-refractivity contribution in [1.82, 2.24) is 9.88 Å². The number of para-hydroxylation sites is 1. The fourth-order valence-electron chi connectivity index (χ4n) is 2.67. The van der Waals surface area contributed by atoms with E-state index in [1.165, 1.54) is 17.4 Å². The van der Waals surface area contributed by atoms with Crippen molar-refractivity contribution in [1.29, 1.82) is 0 Å². The molecule has 8 heteroatoms. The van der Waals surface area contributed by atoms with Crippen LogP contribution in [-0.4, -0.2) is 56.2 Å². The first-order chi connectivity index (χ1) is 14.0. The summed E-state index contributed by atoms with van der Waals surface area (Å²) in [5.41, 5.74) is 0.280. The Hall–Kier alpha value is -2.71. The fraction of sp³-hybridized carbons (Fsp3) is 0.333. The van der Waals surface area contributed by atoms with Gasteiger partial charge in [-0.3, -0.25) is 9.69 Å². The van der Waals surface area contributed by atoms with Crippen molar-refractivity contribution >= 4 is 32.6 Å². The summed E-state index contributed by atoms with van der Waals surface area (Å²) in [6.07, 6.45) is 0. The molecule has 0 N–H and O–H groups in total. The van der Waals surface area contributed by atoms with Gasteiger partial charge in [-0.15, -0.1) is 0 Å². The van der Waals surface area contributed by atoms with Crippen molar-refractivity contribution in [3.63, 3.8) is 0 Å². The highest BCUT2D eigenvalue weighted by atomic mass is 32.1. The van der Waals surface area contributed by atoms with Gasteiger partial charge in [0.1, 0.15) is 22.8 Å². The van der Waals surface area contributed by atoms with E-state index in [9.17, 15) is 9.18 Å². The quantitative estimate of drug-likeness (QED) is 0.530. The van der Waals surface area contributed by atoms with Crippen LogP contribution in [0.25, 0.3) is 10.2 Å². The predicted molar refractivity (Wildman–Crippen MR) is 114 cm³/mol. The Morgan fingerprint density at radius 1 is 1.07 bits per heavy atom. The SMILES string of the molecule is CCOc1ccc(OCC(=O)N(CCN(C)C)c2nc3c(F)cccc3s2)cc1. The van der Waals surface area contributed by atoms with Crippen molar-refractivity contribution in [3.05, 3.63) is 48.3 Å². The summed E-state index contributed by atoms with van der Waals surface area (Å²) in [6.45, 7) is 3.44. The molecule has 0 aliphatic rings. The van der Waals surface area contributed by atoms with Crippen LogP contribution in [0.4, 0.5) is 9.52 Å². The lowest BCUT2D eigenvalue weighted by Gasteiger charge is -2.22. The van der Waals surface area contributed by atoms with Crippen molar-refractivity contribution in [2.24, 2.45) is 0 Å². The Morgan fingerprint density at radius 3 is 2.38 bits per heavy atom. The van der Waals surface area contributed by atoms with Gasteiger partial charge in [-0.2, -0.15) is 0 Å². The number of halogens is 1. The van der Waals surface area contributed by atoms with Gasteiger partial charge in [0.15, 0.2) is 11.7 Å². The maximum atomic E-state index is 14.0. The summed E-state index contributed by atoms with van der Waals surface area (Å²) in [5.74, 6) is 0.691. The molecule has 1 aromatic heterocycles. The number of carbonyl (C=O) groups excluding carboxylic acids is 1. The van der Waals surface area contributed by atoms with Crippen molar-refractivity contribution in [2.45, 2.75) is 6.92 Å². The fourth-order valence-corrected chi connectivity index (χ4v) is 3.69. The standard InChI is InChI=1S/C21H24FN3O3S/c1-4-27-15-8-10-16(11-9-15)28-14-19(26)25(13-12-24(2)3)21-23-20-17(22)6-5-7-18(20)29-21/h5-11H,4,12-14H2,1-3H3. The zero-order valence-corrected chi connectivity index (χ0v) is 17.5. The van der Waals surface area contributed by atoms with Gasteiger partial charge >= 0.3 is 0 Å². The Labute approximate surface area is 173 Å². The molecule has 3 aromatic rings. The molecule has 3 rings (SSSR count). The molecule has 29 heavy (non-hydrogen) atoms. The highest BCUT2D eigenvalue weighted by Crippen LogP contribution is 2.30. The van der Waals surface area contributed by atoms with Gasteiger partial charge in [0.05, 0.1) is 11.3 Å². The maximum Gasteiger partial charge on any atom is 0.266 e. The second-order valence-corrected chi connectivity index (χ2v) is 7.63. The second-order valence-electron chi connectivity index (χ2n) is 6.62. The minimum absolute atomic E-state index is 0.139. The number of carbonyl (C=O) groups is 1. The summed E-state index contributed by atoms with van der Waals surface area (Å²) in [6, 6.07) is 11.9. The predicted octanol–water partition coefficient (Wildman–Crippen LogP) is 3.81. The lowest BCUT2D eigenvalue weighted by atomic mass is 10.3. The smallest absolute Gasteiger partial charge is 0.266 e. The largest absolute Gasteiger partial charge is 0.494 e. The van der Waals surface area contributed by atoms with E-state index in [2.05, 4.69) is 4.98 Å². The molecule has 2 aromatic carbocycles. The Morgan fingerprint density at radius 2 is 1.76 bits per heavy atom. The molecule has 0 atom stereocenters. The number of aromatic nitrogens is 1. The number of likely N-dealkylation sites (N-methyl/N-ethyl adjacent to an activating group) is 1. The number of nitrogens with zero attached hydrogens (tertiary/aromatic N) is 3. The zero-order valence-electron chi connectivity index (χ0n) is 16.7. The van der Waals surface area contributed by atoms with Crippen LogP contribution in [0, 0.1) is 5.82 Å². The van der Waals surface area contributed by atoms with Crippen LogP contribution < -0.4 is 14.4 Å². The summed E-state index contributed by atoms with van der Waals surface area (Å²) >= 11 is 1.29. The Bertz CT molecular complexity index is 959. The van der Waals surface area contributed by atoms with Crippen LogP contribution in [0.5, 0.6) is 11.5 Å². The van der Waals surface area contributed by atoms with Crippen molar-refractivity contribution < 1.29 is 18.7 Å². The van der Waals surface area contributed by atoms with E-state index in [0.717, 1.165) is 5.75 Å². The minimum atomic E-state index is -0.393. The van der Waals surface area contributed by atoms with Gasteiger partial charge in [-0.05, 0) is 57.4 Å². The summed E-state index contributed by atoms with van der Waals surface area (Å²) in [4.78, 5) is 20.8. The van der Waals surface area contributed by atoms with Crippen LogP contribution in [0.1, 0.15) is 6.92 Å². The molecule has 0 fully saturated rings. The molecule has 0 unspecified atom stereocenters. The van der Waals surface area contributed by atoms with Gasteiger partial charge in [0, 0.05) is 13.1 Å². The molecular formula is C21H24FN3O3S. The molecule has 1 heterocycles. The minimum Gasteiger partial charge on any atom is -0.494 e. The van der Waals surface area contributed by atoms with Crippen LogP contribution in [0.15, 0.2) is 42.5 Å². The van der Waals surface area contributed by atoms with Gasteiger partial charge in [0.2, 0.25) is 0 Å². The van der Waals surface area contributed by atoms with Crippen molar-refractivity contribution in [3.8, 4) is 11.5 Å². The van der Waals surface area contributed by atoms with Crippen LogP contribution in [-0.2, 0) is 4.79 Å². The van der Waals surface area contributed by atoms with E-state index in [1.54, 1.807) is 41.3 Å². The molecule has 0 spiro atoms. The molecule has 0 aliphatic carbocycles. The van der Waals surface area contributed by atoms with E-state index >= 15 is 0 Å². The lowest BCUT2D eigenvalue weighted by molar-refractivity contribution is -0.120. The maximum absolute atomic E-state index is 14.0. The highest BCUT2D eigenvalue weighted by Gasteiger charge is 2.21. The normalized spacial score (nSPS) is 11.1. The molecule has 0 saturated heterocycles.